The number of fused-ring (bicyclic) bond motifs is 1. The molecule has 1 aromatic rings. The first-order valence-corrected chi connectivity index (χ1v) is 8.68. The molecule has 0 spiro atoms. The molecule has 2 aliphatic carbocycles. The first-order chi connectivity index (χ1) is 10.2. The first-order valence-electron chi connectivity index (χ1n) is 8.68. The summed E-state index contributed by atoms with van der Waals surface area (Å²) in [4.78, 5) is 0. The maximum absolute atomic E-state index is 6.75. The van der Waals surface area contributed by atoms with Crippen LogP contribution in [0.5, 0.6) is 0 Å². The summed E-state index contributed by atoms with van der Waals surface area (Å²) in [6.07, 6.45) is 9.02. The van der Waals surface area contributed by atoms with Crippen molar-refractivity contribution in [2.45, 2.75) is 76.5 Å². The molecular weight excluding hydrogens is 258 g/mol. The van der Waals surface area contributed by atoms with E-state index >= 15 is 0 Å². The van der Waals surface area contributed by atoms with E-state index in [1.165, 1.54) is 56.1 Å². The van der Waals surface area contributed by atoms with Gasteiger partial charge in [-0.05, 0) is 43.2 Å². The minimum Gasteiger partial charge on any atom is -0.366 e. The van der Waals surface area contributed by atoms with Crippen molar-refractivity contribution >= 4 is 0 Å². The highest BCUT2D eigenvalue weighted by atomic mass is 16.5. The predicted octanol–water partition coefficient (Wildman–Crippen LogP) is 4.39. The number of nitrogens with one attached hydrogen (secondary N) is 1. The highest BCUT2D eigenvalue weighted by molar-refractivity contribution is 5.31. The zero-order chi connectivity index (χ0) is 14.7. The fraction of sp³-hybridized carbons (Fsp3) is 0.684. The molecule has 0 aromatic heterocycles. The predicted molar refractivity (Wildman–Crippen MR) is 87.5 cm³/mol. The molecule has 0 aliphatic heterocycles. The number of hydrogen-bond acceptors (Lipinski definition) is 2. The van der Waals surface area contributed by atoms with E-state index in [1.807, 2.05) is 0 Å². The van der Waals surface area contributed by atoms with E-state index in [2.05, 4.69) is 43.4 Å². The molecule has 0 bridgehead atoms. The second-order valence-corrected chi connectivity index (χ2v) is 7.12. The number of benzene rings is 1. The second-order valence-electron chi connectivity index (χ2n) is 7.12. The van der Waals surface area contributed by atoms with Crippen LogP contribution in [0.25, 0.3) is 0 Å². The molecule has 1 atom stereocenters. The monoisotopic (exact) mass is 287 g/mol. The molecule has 0 amide bonds. The van der Waals surface area contributed by atoms with Crippen molar-refractivity contribution in [1.29, 1.82) is 0 Å². The lowest BCUT2D eigenvalue weighted by molar-refractivity contribution is -0.0973. The Morgan fingerprint density at radius 3 is 2.71 bits per heavy atom. The molecule has 1 fully saturated rings. The standard InChI is InChI=1S/C19H29NO/c1-15(2)20-14-19(12-5-6-13-19)21-18-11-7-9-16-8-3-4-10-17(16)18/h3-4,8,10,15,18,20H,5-7,9,11-14H2,1-2H3. The van der Waals surface area contributed by atoms with Gasteiger partial charge in [0.25, 0.3) is 0 Å². The van der Waals surface area contributed by atoms with Gasteiger partial charge >= 0.3 is 0 Å². The lowest BCUT2D eigenvalue weighted by Gasteiger charge is -2.37. The summed E-state index contributed by atoms with van der Waals surface area (Å²) in [5, 5.41) is 3.62. The van der Waals surface area contributed by atoms with Gasteiger partial charge in [0.1, 0.15) is 0 Å². The summed E-state index contributed by atoms with van der Waals surface area (Å²) < 4.78 is 6.75. The van der Waals surface area contributed by atoms with E-state index in [1.54, 1.807) is 0 Å². The van der Waals surface area contributed by atoms with Crippen molar-refractivity contribution in [1.82, 2.24) is 5.32 Å². The molecule has 2 nitrogen and oxygen atoms in total. The van der Waals surface area contributed by atoms with Crippen molar-refractivity contribution in [3.05, 3.63) is 35.4 Å². The molecule has 3 rings (SSSR count). The topological polar surface area (TPSA) is 21.3 Å². The fourth-order valence-corrected chi connectivity index (χ4v) is 3.88. The molecule has 21 heavy (non-hydrogen) atoms. The normalized spacial score (nSPS) is 24.2. The third-order valence-electron chi connectivity index (χ3n) is 5.05. The van der Waals surface area contributed by atoms with Crippen molar-refractivity contribution in [2.75, 3.05) is 6.54 Å². The third kappa shape index (κ3) is 3.49. The summed E-state index contributed by atoms with van der Waals surface area (Å²) >= 11 is 0. The molecule has 0 saturated heterocycles. The van der Waals surface area contributed by atoms with Crippen molar-refractivity contribution < 1.29 is 4.74 Å². The number of ether oxygens (including phenoxy) is 1. The van der Waals surface area contributed by atoms with E-state index in [-0.39, 0.29) is 5.60 Å². The molecule has 1 unspecified atom stereocenters. The van der Waals surface area contributed by atoms with Gasteiger partial charge in [0.05, 0.1) is 11.7 Å². The maximum Gasteiger partial charge on any atom is 0.0835 e. The van der Waals surface area contributed by atoms with Crippen molar-refractivity contribution in [3.63, 3.8) is 0 Å². The van der Waals surface area contributed by atoms with Crippen molar-refractivity contribution in [3.8, 4) is 0 Å². The summed E-state index contributed by atoms with van der Waals surface area (Å²) in [5.41, 5.74) is 3.01. The van der Waals surface area contributed by atoms with Crippen LogP contribution in [0.15, 0.2) is 24.3 Å². The Hall–Kier alpha value is -0.860. The molecule has 1 saturated carbocycles. The molecule has 116 valence electrons. The highest BCUT2D eigenvalue weighted by Crippen LogP contribution is 2.41. The van der Waals surface area contributed by atoms with Crippen LogP contribution in [0.1, 0.15) is 69.6 Å². The Balaban J connectivity index is 1.74. The van der Waals surface area contributed by atoms with Gasteiger partial charge in [-0.25, -0.2) is 0 Å². The zero-order valence-corrected chi connectivity index (χ0v) is 13.5. The van der Waals surface area contributed by atoms with Crippen molar-refractivity contribution in [2.24, 2.45) is 0 Å². The van der Waals surface area contributed by atoms with E-state index in [9.17, 15) is 0 Å². The SMILES string of the molecule is CC(C)NCC1(OC2CCCc3ccccc32)CCCC1. The average Bonchev–Trinajstić information content (AvgIpc) is 2.95. The molecular formula is C19H29NO. The van der Waals surface area contributed by atoms with Gasteiger partial charge in [-0.3, -0.25) is 0 Å². The van der Waals surface area contributed by atoms with Gasteiger partial charge in [0, 0.05) is 12.6 Å². The van der Waals surface area contributed by atoms with E-state index in [0.717, 1.165) is 6.54 Å². The van der Waals surface area contributed by atoms with Gasteiger partial charge < -0.3 is 10.1 Å². The van der Waals surface area contributed by atoms with Crippen LogP contribution in [0.4, 0.5) is 0 Å². The first kappa shape index (κ1) is 15.1. The quantitative estimate of drug-likeness (QED) is 0.867. The van der Waals surface area contributed by atoms with Crippen LogP contribution in [0.3, 0.4) is 0 Å². The summed E-state index contributed by atoms with van der Waals surface area (Å²) in [7, 11) is 0. The summed E-state index contributed by atoms with van der Waals surface area (Å²) in [6, 6.07) is 9.40. The van der Waals surface area contributed by atoms with Gasteiger partial charge in [0.15, 0.2) is 0 Å². The molecule has 0 radical (unpaired) electrons. The average molecular weight is 287 g/mol. The highest BCUT2D eigenvalue weighted by Gasteiger charge is 2.38. The lowest BCUT2D eigenvalue weighted by Crippen LogP contribution is -2.44. The van der Waals surface area contributed by atoms with Gasteiger partial charge in [-0.2, -0.15) is 0 Å². The molecule has 1 aromatic carbocycles. The Morgan fingerprint density at radius 2 is 1.95 bits per heavy atom. The Bertz CT molecular complexity index is 462. The smallest absolute Gasteiger partial charge is 0.0835 e. The van der Waals surface area contributed by atoms with Crippen LogP contribution in [0.2, 0.25) is 0 Å². The molecule has 2 aliphatic rings. The van der Waals surface area contributed by atoms with E-state index in [4.69, 9.17) is 4.74 Å². The molecule has 1 N–H and O–H groups in total. The van der Waals surface area contributed by atoms with Crippen LogP contribution >= 0.6 is 0 Å². The van der Waals surface area contributed by atoms with Gasteiger partial charge in [-0.15, -0.1) is 0 Å². The zero-order valence-electron chi connectivity index (χ0n) is 13.5. The molecule has 2 heteroatoms. The minimum absolute atomic E-state index is 0.0688. The van der Waals surface area contributed by atoms with Crippen LogP contribution in [0, 0.1) is 0 Å². The third-order valence-corrected chi connectivity index (χ3v) is 5.05. The largest absolute Gasteiger partial charge is 0.366 e. The van der Waals surface area contributed by atoms with Crippen LogP contribution in [-0.4, -0.2) is 18.2 Å². The van der Waals surface area contributed by atoms with Gasteiger partial charge in [0.2, 0.25) is 0 Å². The lowest BCUT2D eigenvalue weighted by atomic mass is 9.88. The van der Waals surface area contributed by atoms with Crippen LogP contribution in [-0.2, 0) is 11.2 Å². The Labute approximate surface area is 129 Å². The summed E-state index contributed by atoms with van der Waals surface area (Å²) in [5.74, 6) is 0. The van der Waals surface area contributed by atoms with E-state index < -0.39 is 0 Å². The number of hydrogen-bond donors (Lipinski definition) is 1. The fourth-order valence-electron chi connectivity index (χ4n) is 3.88. The maximum atomic E-state index is 6.75. The Morgan fingerprint density at radius 1 is 1.19 bits per heavy atom. The van der Waals surface area contributed by atoms with Crippen LogP contribution < -0.4 is 5.32 Å². The summed E-state index contributed by atoms with van der Waals surface area (Å²) in [6.45, 7) is 5.44. The van der Waals surface area contributed by atoms with Gasteiger partial charge in [-0.1, -0.05) is 51.0 Å². The number of rotatable bonds is 5. The Kier molecular flexibility index (Phi) is 4.66. The number of aryl methyl sites for hydroxylation is 1. The van der Waals surface area contributed by atoms with E-state index in [0.29, 0.717) is 12.1 Å². The molecule has 0 heterocycles. The minimum atomic E-state index is 0.0688. The second kappa shape index (κ2) is 6.50.